The summed E-state index contributed by atoms with van der Waals surface area (Å²) in [5, 5.41) is 12.4. The average molecular weight is 272 g/mol. The van der Waals surface area contributed by atoms with Crippen LogP contribution in [0.2, 0.25) is 0 Å². The van der Waals surface area contributed by atoms with E-state index >= 15 is 0 Å². The van der Waals surface area contributed by atoms with Crippen LogP contribution in [0.5, 0.6) is 0 Å². The summed E-state index contributed by atoms with van der Waals surface area (Å²) in [5.74, 6) is -1.28. The monoisotopic (exact) mass is 272 g/mol. The zero-order valence-corrected chi connectivity index (χ0v) is 11.2. The first kappa shape index (κ1) is 14.0. The predicted octanol–water partition coefficient (Wildman–Crippen LogP) is 2.67. The molecule has 0 saturated carbocycles. The van der Waals surface area contributed by atoms with Crippen LogP contribution in [-0.2, 0) is 9.59 Å². The van der Waals surface area contributed by atoms with Crippen LogP contribution in [0.4, 0.5) is 5.69 Å². The third-order valence-corrected chi connectivity index (χ3v) is 2.93. The van der Waals surface area contributed by atoms with Gasteiger partial charge in [-0.2, -0.15) is 0 Å². The normalized spacial score (nSPS) is 12.1. The zero-order valence-electron chi connectivity index (χ0n) is 11.2. The van der Waals surface area contributed by atoms with Crippen LogP contribution in [0.15, 0.2) is 36.5 Å². The Morgan fingerprint density at radius 1 is 1.30 bits per heavy atom. The molecule has 0 aliphatic heterocycles. The van der Waals surface area contributed by atoms with E-state index in [-0.39, 0.29) is 24.7 Å². The van der Waals surface area contributed by atoms with E-state index in [9.17, 15) is 9.59 Å². The number of benzene rings is 1. The Morgan fingerprint density at radius 3 is 2.80 bits per heavy atom. The van der Waals surface area contributed by atoms with Gasteiger partial charge in [-0.3, -0.25) is 14.6 Å². The summed E-state index contributed by atoms with van der Waals surface area (Å²) in [4.78, 5) is 26.6. The van der Waals surface area contributed by atoms with Crippen LogP contribution < -0.4 is 5.32 Å². The van der Waals surface area contributed by atoms with E-state index in [2.05, 4.69) is 10.3 Å². The highest BCUT2D eigenvalue weighted by molar-refractivity contribution is 5.93. The van der Waals surface area contributed by atoms with Crippen molar-refractivity contribution in [3.8, 4) is 0 Å². The lowest BCUT2D eigenvalue weighted by Crippen LogP contribution is -2.17. The molecule has 0 aliphatic carbocycles. The van der Waals surface area contributed by atoms with Crippen molar-refractivity contribution in [2.75, 3.05) is 5.32 Å². The number of carboxylic acids is 1. The molecule has 2 rings (SSSR count). The standard InChI is InChI=1S/C15H16N2O3/c1-10(7-15(19)20)6-14(18)17-12-8-11-4-2-3-5-13(11)16-9-12/h2-5,8-10H,6-7H2,1H3,(H,17,18)(H,19,20). The first-order valence-corrected chi connectivity index (χ1v) is 6.41. The number of hydrogen-bond donors (Lipinski definition) is 2. The van der Waals surface area contributed by atoms with E-state index in [0.29, 0.717) is 5.69 Å². The van der Waals surface area contributed by atoms with Gasteiger partial charge in [0.1, 0.15) is 0 Å². The lowest BCUT2D eigenvalue weighted by atomic mass is 10.0. The highest BCUT2D eigenvalue weighted by atomic mass is 16.4. The number of rotatable bonds is 5. The molecule has 1 aromatic heterocycles. The van der Waals surface area contributed by atoms with Crippen molar-refractivity contribution in [1.82, 2.24) is 4.98 Å². The maximum Gasteiger partial charge on any atom is 0.303 e. The molecule has 1 unspecified atom stereocenters. The highest BCUT2D eigenvalue weighted by Gasteiger charge is 2.12. The van der Waals surface area contributed by atoms with Gasteiger partial charge in [0.05, 0.1) is 17.4 Å². The van der Waals surface area contributed by atoms with E-state index in [1.54, 1.807) is 13.1 Å². The van der Waals surface area contributed by atoms with Gasteiger partial charge in [-0.15, -0.1) is 0 Å². The summed E-state index contributed by atoms with van der Waals surface area (Å²) >= 11 is 0. The van der Waals surface area contributed by atoms with Gasteiger partial charge in [-0.05, 0) is 18.1 Å². The number of anilines is 1. The number of nitrogens with one attached hydrogen (secondary N) is 1. The summed E-state index contributed by atoms with van der Waals surface area (Å²) in [6, 6.07) is 9.48. The van der Waals surface area contributed by atoms with Crippen molar-refractivity contribution >= 4 is 28.5 Å². The Hall–Kier alpha value is -2.43. The Balaban J connectivity index is 2.00. The second-order valence-electron chi connectivity index (χ2n) is 4.87. The molecule has 0 saturated heterocycles. The topological polar surface area (TPSA) is 79.3 Å². The van der Waals surface area contributed by atoms with Crippen LogP contribution in [-0.4, -0.2) is 22.0 Å². The molecule has 0 bridgehead atoms. The molecule has 0 radical (unpaired) electrons. The number of carbonyl (C=O) groups excluding carboxylic acids is 1. The van der Waals surface area contributed by atoms with E-state index in [0.717, 1.165) is 10.9 Å². The highest BCUT2D eigenvalue weighted by Crippen LogP contribution is 2.17. The molecule has 2 aromatic rings. The minimum Gasteiger partial charge on any atom is -0.481 e. The molecule has 20 heavy (non-hydrogen) atoms. The number of fused-ring (bicyclic) bond motifs is 1. The van der Waals surface area contributed by atoms with Crippen molar-refractivity contribution in [2.45, 2.75) is 19.8 Å². The average Bonchev–Trinajstić information content (AvgIpc) is 2.37. The fourth-order valence-electron chi connectivity index (χ4n) is 2.04. The van der Waals surface area contributed by atoms with Crippen molar-refractivity contribution in [3.63, 3.8) is 0 Å². The van der Waals surface area contributed by atoms with Crippen LogP contribution in [0, 0.1) is 5.92 Å². The summed E-state index contributed by atoms with van der Waals surface area (Å²) in [6.45, 7) is 1.74. The van der Waals surface area contributed by atoms with Gasteiger partial charge in [-0.25, -0.2) is 0 Å². The third kappa shape index (κ3) is 3.78. The van der Waals surface area contributed by atoms with E-state index in [1.807, 2.05) is 30.3 Å². The Morgan fingerprint density at radius 2 is 2.05 bits per heavy atom. The van der Waals surface area contributed by atoms with Crippen molar-refractivity contribution in [2.24, 2.45) is 5.92 Å². The molecule has 1 amide bonds. The fourth-order valence-corrected chi connectivity index (χ4v) is 2.04. The quantitative estimate of drug-likeness (QED) is 0.877. The summed E-state index contributed by atoms with van der Waals surface area (Å²) in [6.07, 6.45) is 1.77. The molecule has 0 fully saturated rings. The number of aromatic nitrogens is 1. The second kappa shape index (κ2) is 6.14. The lowest BCUT2D eigenvalue weighted by molar-refractivity contribution is -0.138. The number of carbonyl (C=O) groups is 2. The van der Waals surface area contributed by atoms with Crippen LogP contribution in [0.25, 0.3) is 10.9 Å². The maximum absolute atomic E-state index is 11.8. The largest absolute Gasteiger partial charge is 0.481 e. The van der Waals surface area contributed by atoms with Gasteiger partial charge in [-0.1, -0.05) is 25.1 Å². The first-order valence-electron chi connectivity index (χ1n) is 6.41. The number of hydrogen-bond acceptors (Lipinski definition) is 3. The molecule has 5 nitrogen and oxygen atoms in total. The fraction of sp³-hybridized carbons (Fsp3) is 0.267. The van der Waals surface area contributed by atoms with Crippen LogP contribution in [0.3, 0.4) is 0 Å². The number of amides is 1. The Labute approximate surface area is 116 Å². The molecule has 2 N–H and O–H groups in total. The molecule has 1 aromatic carbocycles. The van der Waals surface area contributed by atoms with Gasteiger partial charge in [0.15, 0.2) is 0 Å². The smallest absolute Gasteiger partial charge is 0.303 e. The van der Waals surface area contributed by atoms with E-state index in [1.165, 1.54) is 0 Å². The summed E-state index contributed by atoms with van der Waals surface area (Å²) in [5.41, 5.74) is 1.49. The van der Waals surface area contributed by atoms with Gasteiger partial charge < -0.3 is 10.4 Å². The second-order valence-corrected chi connectivity index (χ2v) is 4.87. The van der Waals surface area contributed by atoms with Crippen molar-refractivity contribution in [1.29, 1.82) is 0 Å². The third-order valence-electron chi connectivity index (χ3n) is 2.93. The van der Waals surface area contributed by atoms with Crippen molar-refractivity contribution < 1.29 is 14.7 Å². The van der Waals surface area contributed by atoms with Gasteiger partial charge >= 0.3 is 5.97 Å². The van der Waals surface area contributed by atoms with Crippen LogP contribution in [0.1, 0.15) is 19.8 Å². The first-order chi connectivity index (χ1) is 9.54. The minimum atomic E-state index is -0.891. The molecule has 1 heterocycles. The molecule has 0 spiro atoms. The molecule has 1 atom stereocenters. The number of aliphatic carboxylic acids is 1. The Bertz CT molecular complexity index is 640. The molecular weight excluding hydrogens is 256 g/mol. The number of carboxylic acid groups (broad SMARTS) is 1. The number of para-hydroxylation sites is 1. The van der Waals surface area contributed by atoms with Crippen molar-refractivity contribution in [3.05, 3.63) is 36.5 Å². The summed E-state index contributed by atoms with van der Waals surface area (Å²) in [7, 11) is 0. The summed E-state index contributed by atoms with van der Waals surface area (Å²) < 4.78 is 0. The molecular formula is C15H16N2O3. The zero-order chi connectivity index (χ0) is 14.5. The Kier molecular flexibility index (Phi) is 4.30. The molecule has 5 heteroatoms. The molecule has 104 valence electrons. The maximum atomic E-state index is 11.8. The van der Waals surface area contributed by atoms with Gasteiger partial charge in [0.2, 0.25) is 5.91 Å². The van der Waals surface area contributed by atoms with E-state index < -0.39 is 5.97 Å². The lowest BCUT2D eigenvalue weighted by Gasteiger charge is -2.09. The predicted molar refractivity (Wildman–Crippen MR) is 76.4 cm³/mol. The van der Waals surface area contributed by atoms with Gasteiger partial charge in [0.25, 0.3) is 0 Å². The van der Waals surface area contributed by atoms with E-state index in [4.69, 9.17) is 5.11 Å². The van der Waals surface area contributed by atoms with Crippen LogP contribution >= 0.6 is 0 Å². The number of pyridine rings is 1. The minimum absolute atomic E-state index is 0.0105. The number of nitrogens with zero attached hydrogens (tertiary/aromatic N) is 1. The SMILES string of the molecule is CC(CC(=O)O)CC(=O)Nc1cnc2ccccc2c1. The molecule has 0 aliphatic rings. The van der Waals surface area contributed by atoms with Gasteiger partial charge in [0, 0.05) is 18.2 Å².